The molecule has 0 saturated carbocycles. The number of nitriles is 1. The van der Waals surface area contributed by atoms with Crippen LogP contribution in [0.15, 0.2) is 16.5 Å². The molecule has 0 aromatic carbocycles. The first-order valence-corrected chi connectivity index (χ1v) is 5.03. The smallest absolute Gasteiger partial charge is 0.125 e. The second-order valence-corrected chi connectivity index (χ2v) is 4.59. The molecule has 2 aromatic heterocycles. The number of rotatable bonds is 0. The Bertz CT molecular complexity index is 513. The third-order valence-corrected chi connectivity index (χ3v) is 3.26. The van der Waals surface area contributed by atoms with Crippen LogP contribution in [0.4, 0.5) is 0 Å². The molecule has 0 N–H and O–H groups in total. The van der Waals surface area contributed by atoms with Crippen molar-refractivity contribution in [1.29, 1.82) is 5.26 Å². The lowest BCUT2D eigenvalue weighted by Crippen LogP contribution is -1.79. The zero-order valence-electron chi connectivity index (χ0n) is 6.28. The molecule has 0 saturated heterocycles. The highest BCUT2D eigenvalue weighted by Crippen LogP contribution is 2.32. The first-order valence-electron chi connectivity index (χ1n) is 3.39. The van der Waals surface area contributed by atoms with Crippen molar-refractivity contribution < 1.29 is 0 Å². The average Bonchev–Trinajstić information content (AvgIpc) is 2.47. The molecule has 0 fully saturated rings. The molecule has 64 valence electrons. The predicted molar refractivity (Wildman–Crippen MR) is 56.6 cm³/mol. The van der Waals surface area contributed by atoms with E-state index in [-0.39, 0.29) is 0 Å². The maximum Gasteiger partial charge on any atom is 0.125 e. The summed E-state index contributed by atoms with van der Waals surface area (Å²) in [6, 6.07) is 3.80. The van der Waals surface area contributed by atoms with Gasteiger partial charge in [-0.05, 0) is 6.07 Å². The van der Waals surface area contributed by atoms with Gasteiger partial charge in [-0.1, -0.05) is 11.6 Å². The molecule has 0 aliphatic heterocycles. The molecule has 2 heterocycles. The van der Waals surface area contributed by atoms with Gasteiger partial charge < -0.3 is 0 Å². The number of thiol groups is 1. The van der Waals surface area contributed by atoms with E-state index < -0.39 is 0 Å². The van der Waals surface area contributed by atoms with E-state index in [0.29, 0.717) is 10.6 Å². The number of hydrogen-bond donors (Lipinski definition) is 1. The van der Waals surface area contributed by atoms with E-state index in [1.54, 1.807) is 0 Å². The summed E-state index contributed by atoms with van der Waals surface area (Å²) in [6.45, 7) is 0. The minimum Gasteiger partial charge on any atom is -0.244 e. The monoisotopic (exact) mass is 226 g/mol. The molecule has 0 bridgehead atoms. The van der Waals surface area contributed by atoms with E-state index in [0.717, 1.165) is 14.4 Å². The molecular formula is C8H3ClN2S2. The molecule has 0 amide bonds. The van der Waals surface area contributed by atoms with Crippen LogP contribution >= 0.6 is 35.6 Å². The lowest BCUT2D eigenvalue weighted by Gasteiger charge is -1.93. The van der Waals surface area contributed by atoms with Gasteiger partial charge in [0.2, 0.25) is 0 Å². The number of halogens is 1. The first kappa shape index (κ1) is 8.82. The zero-order valence-corrected chi connectivity index (χ0v) is 8.75. The van der Waals surface area contributed by atoms with Crippen molar-refractivity contribution in [3.63, 3.8) is 0 Å². The second-order valence-electron chi connectivity index (χ2n) is 2.40. The Labute approximate surface area is 89.2 Å². The van der Waals surface area contributed by atoms with Gasteiger partial charge >= 0.3 is 0 Å². The van der Waals surface area contributed by atoms with Crippen molar-refractivity contribution in [2.75, 3.05) is 0 Å². The van der Waals surface area contributed by atoms with Gasteiger partial charge in [0.25, 0.3) is 0 Å². The van der Waals surface area contributed by atoms with Crippen molar-refractivity contribution in [2.24, 2.45) is 0 Å². The molecule has 0 radical (unpaired) electrons. The van der Waals surface area contributed by atoms with Crippen LogP contribution in [-0.4, -0.2) is 4.98 Å². The van der Waals surface area contributed by atoms with Crippen molar-refractivity contribution in [2.45, 2.75) is 4.21 Å². The van der Waals surface area contributed by atoms with Crippen LogP contribution < -0.4 is 0 Å². The van der Waals surface area contributed by atoms with E-state index in [1.807, 2.05) is 12.1 Å². The third-order valence-electron chi connectivity index (χ3n) is 1.60. The highest BCUT2D eigenvalue weighted by molar-refractivity contribution is 7.83. The maximum atomic E-state index is 8.69. The fourth-order valence-corrected chi connectivity index (χ4v) is 2.46. The number of nitrogens with zero attached hydrogens (tertiary/aromatic N) is 2. The number of hydrogen-bond acceptors (Lipinski definition) is 4. The van der Waals surface area contributed by atoms with Crippen molar-refractivity contribution in [3.05, 3.63) is 22.8 Å². The Morgan fingerprint density at radius 2 is 2.38 bits per heavy atom. The van der Waals surface area contributed by atoms with E-state index >= 15 is 0 Å². The Balaban J connectivity index is 2.87. The van der Waals surface area contributed by atoms with Crippen LogP contribution in [0.25, 0.3) is 10.2 Å². The van der Waals surface area contributed by atoms with Crippen LogP contribution in [-0.2, 0) is 0 Å². The summed E-state index contributed by atoms with van der Waals surface area (Å²) >= 11 is 11.6. The van der Waals surface area contributed by atoms with Gasteiger partial charge in [0.15, 0.2) is 0 Å². The van der Waals surface area contributed by atoms with Gasteiger partial charge in [-0.2, -0.15) is 5.26 Å². The van der Waals surface area contributed by atoms with Gasteiger partial charge in [0.1, 0.15) is 10.9 Å². The van der Waals surface area contributed by atoms with Crippen molar-refractivity contribution >= 4 is 45.8 Å². The SMILES string of the molecule is N#Cc1cnc2sc(S)cc2c1Cl. The number of thiophene rings is 1. The molecule has 0 unspecified atom stereocenters. The summed E-state index contributed by atoms with van der Waals surface area (Å²) in [5.41, 5.74) is 0.403. The van der Waals surface area contributed by atoms with Crippen LogP contribution in [0.2, 0.25) is 5.02 Å². The number of pyridine rings is 1. The zero-order chi connectivity index (χ0) is 9.42. The lowest BCUT2D eigenvalue weighted by molar-refractivity contribution is 1.39. The number of fused-ring (bicyclic) bond motifs is 1. The molecule has 2 aromatic rings. The molecular weight excluding hydrogens is 224 g/mol. The summed E-state index contributed by atoms with van der Waals surface area (Å²) < 4.78 is 0.847. The first-order chi connectivity index (χ1) is 6.22. The van der Waals surface area contributed by atoms with Crippen molar-refractivity contribution in [3.8, 4) is 6.07 Å². The van der Waals surface area contributed by atoms with Gasteiger partial charge in [-0.15, -0.1) is 24.0 Å². The summed E-state index contributed by atoms with van der Waals surface area (Å²) in [5.74, 6) is 0. The maximum absolute atomic E-state index is 8.69. The van der Waals surface area contributed by atoms with Crippen LogP contribution in [0.5, 0.6) is 0 Å². The molecule has 2 nitrogen and oxygen atoms in total. The van der Waals surface area contributed by atoms with E-state index in [4.69, 9.17) is 16.9 Å². The largest absolute Gasteiger partial charge is 0.244 e. The van der Waals surface area contributed by atoms with Gasteiger partial charge in [0.05, 0.1) is 14.8 Å². The van der Waals surface area contributed by atoms with Gasteiger partial charge in [0, 0.05) is 11.6 Å². The fraction of sp³-hybridized carbons (Fsp3) is 0. The average molecular weight is 227 g/mol. The summed E-state index contributed by atoms with van der Waals surface area (Å²) in [6.07, 6.45) is 1.48. The van der Waals surface area contributed by atoms with E-state index in [1.165, 1.54) is 17.5 Å². The highest BCUT2D eigenvalue weighted by Gasteiger charge is 2.08. The Morgan fingerprint density at radius 1 is 1.62 bits per heavy atom. The van der Waals surface area contributed by atoms with Crippen LogP contribution in [0.1, 0.15) is 5.56 Å². The molecule has 5 heteroatoms. The molecule has 0 atom stereocenters. The highest BCUT2D eigenvalue weighted by atomic mass is 35.5. The lowest BCUT2D eigenvalue weighted by atomic mass is 10.2. The minimum absolute atomic E-state index is 0.403. The van der Waals surface area contributed by atoms with E-state index in [2.05, 4.69) is 17.6 Å². The van der Waals surface area contributed by atoms with Gasteiger partial charge in [-0.3, -0.25) is 0 Å². The van der Waals surface area contributed by atoms with Crippen molar-refractivity contribution in [1.82, 2.24) is 4.98 Å². The number of aromatic nitrogens is 1. The van der Waals surface area contributed by atoms with E-state index in [9.17, 15) is 0 Å². The van der Waals surface area contributed by atoms with Crippen LogP contribution in [0, 0.1) is 11.3 Å². The topological polar surface area (TPSA) is 36.7 Å². The quantitative estimate of drug-likeness (QED) is 0.701. The predicted octanol–water partition coefficient (Wildman–Crippen LogP) is 3.11. The molecule has 2 rings (SSSR count). The second kappa shape index (κ2) is 3.18. The third kappa shape index (κ3) is 1.39. The molecule has 13 heavy (non-hydrogen) atoms. The van der Waals surface area contributed by atoms with Crippen LogP contribution in [0.3, 0.4) is 0 Å². The Kier molecular flexibility index (Phi) is 2.16. The minimum atomic E-state index is 0.403. The standard InChI is InChI=1S/C8H3ClN2S2/c9-7-4(2-10)3-11-8-5(7)1-6(12)13-8/h1,3,12H. The summed E-state index contributed by atoms with van der Waals surface area (Å²) in [7, 11) is 0. The summed E-state index contributed by atoms with van der Waals surface area (Å²) in [5, 5.41) is 9.96. The Hall–Kier alpha value is -0.760. The fourth-order valence-electron chi connectivity index (χ4n) is 1.02. The Morgan fingerprint density at radius 3 is 3.08 bits per heavy atom. The normalized spacial score (nSPS) is 10.2. The molecule has 0 aliphatic carbocycles. The molecule has 0 aliphatic rings. The molecule has 0 spiro atoms. The summed E-state index contributed by atoms with van der Waals surface area (Å²) in [4.78, 5) is 4.91. The van der Waals surface area contributed by atoms with Gasteiger partial charge in [-0.25, -0.2) is 4.98 Å².